The highest BCUT2D eigenvalue weighted by molar-refractivity contribution is 6.65. The summed E-state index contributed by atoms with van der Waals surface area (Å²) in [5.41, 5.74) is 5.17. The van der Waals surface area contributed by atoms with E-state index < -0.39 is 17.6 Å². The van der Waals surface area contributed by atoms with Crippen molar-refractivity contribution in [1.29, 1.82) is 0 Å². The number of carbonyl (C=O) groups is 1. The number of nitrogens with zero attached hydrogens (tertiary/aromatic N) is 1. The third-order valence-electron chi connectivity index (χ3n) is 1.92. The molecule has 0 aliphatic carbocycles. The smallest absolute Gasteiger partial charge is 0.323 e. The molecule has 0 saturated carbocycles. The monoisotopic (exact) mass is 248 g/mol. The molecule has 6 heteroatoms. The Hall–Kier alpha value is -0.810. The Kier molecular flexibility index (Phi) is 4.15. The lowest BCUT2D eigenvalue weighted by atomic mass is 10.1. The lowest BCUT2D eigenvalue weighted by Gasteiger charge is -2.22. The van der Waals surface area contributed by atoms with E-state index in [2.05, 4.69) is 5.16 Å². The van der Waals surface area contributed by atoms with Crippen molar-refractivity contribution in [2.75, 3.05) is 0 Å². The number of carbonyl (C=O) groups excluding carboxylic acids is 1. The first-order valence-corrected chi connectivity index (χ1v) is 5.52. The van der Waals surface area contributed by atoms with E-state index in [4.69, 9.17) is 26.9 Å². The average Bonchev–Trinajstić information content (AvgIpc) is 2.48. The van der Waals surface area contributed by atoms with Crippen LogP contribution in [0.2, 0.25) is 0 Å². The number of rotatable bonds is 3. The van der Waals surface area contributed by atoms with E-state index >= 15 is 0 Å². The second-order valence-corrected chi connectivity index (χ2v) is 5.21. The lowest BCUT2D eigenvalue weighted by molar-refractivity contribution is -0.157. The van der Waals surface area contributed by atoms with Crippen molar-refractivity contribution in [3.05, 3.63) is 0 Å². The number of hydrogen-bond donors (Lipinski definition) is 1. The van der Waals surface area contributed by atoms with Crippen LogP contribution in [0.25, 0.3) is 0 Å². The minimum Gasteiger partial charge on any atom is -0.459 e. The molecule has 0 bridgehead atoms. The number of esters is 1. The summed E-state index contributed by atoms with van der Waals surface area (Å²) in [7, 11) is 0. The van der Waals surface area contributed by atoms with Gasteiger partial charge in [-0.25, -0.2) is 0 Å². The van der Waals surface area contributed by atoms with Crippen LogP contribution in [0.15, 0.2) is 5.16 Å². The van der Waals surface area contributed by atoms with Gasteiger partial charge in [0, 0.05) is 12.8 Å². The van der Waals surface area contributed by atoms with Gasteiger partial charge in [-0.1, -0.05) is 16.8 Å². The molecule has 5 nitrogen and oxygen atoms in total. The summed E-state index contributed by atoms with van der Waals surface area (Å²) >= 11 is 5.64. The van der Waals surface area contributed by atoms with E-state index in [9.17, 15) is 4.79 Å². The van der Waals surface area contributed by atoms with Gasteiger partial charge in [-0.15, -0.1) is 0 Å². The topological polar surface area (TPSA) is 73.9 Å². The predicted molar refractivity (Wildman–Crippen MR) is 61.2 cm³/mol. The van der Waals surface area contributed by atoms with Crippen LogP contribution < -0.4 is 5.73 Å². The lowest BCUT2D eigenvalue weighted by Crippen LogP contribution is -2.39. The molecule has 0 saturated heterocycles. The summed E-state index contributed by atoms with van der Waals surface area (Å²) in [6.07, 6.45) is 0.627. The molecular formula is C10H17ClN2O3. The molecule has 0 amide bonds. The molecule has 16 heavy (non-hydrogen) atoms. The van der Waals surface area contributed by atoms with E-state index in [1.165, 1.54) is 0 Å². The maximum absolute atomic E-state index is 11.6. The molecule has 1 aliphatic heterocycles. The van der Waals surface area contributed by atoms with Crippen LogP contribution in [0, 0.1) is 0 Å². The zero-order chi connectivity index (χ0) is 12.3. The molecular weight excluding hydrogens is 232 g/mol. The first-order chi connectivity index (χ1) is 7.28. The second kappa shape index (κ2) is 5.01. The van der Waals surface area contributed by atoms with Crippen molar-refractivity contribution in [1.82, 2.24) is 0 Å². The number of oxime groups is 1. The zero-order valence-electron chi connectivity index (χ0n) is 9.70. The first-order valence-electron chi connectivity index (χ1n) is 5.14. The summed E-state index contributed by atoms with van der Waals surface area (Å²) in [6, 6.07) is -0.706. The number of halogens is 1. The largest absolute Gasteiger partial charge is 0.459 e. The van der Waals surface area contributed by atoms with Crippen molar-refractivity contribution >= 4 is 22.7 Å². The van der Waals surface area contributed by atoms with Gasteiger partial charge in [0.05, 0.1) is 0 Å². The maximum Gasteiger partial charge on any atom is 0.323 e. The molecule has 1 aliphatic rings. The van der Waals surface area contributed by atoms with Crippen molar-refractivity contribution in [3.63, 3.8) is 0 Å². The minimum absolute atomic E-state index is 0.227. The van der Waals surface area contributed by atoms with E-state index in [1.807, 2.05) is 0 Å². The van der Waals surface area contributed by atoms with Crippen LogP contribution in [0.5, 0.6) is 0 Å². The number of nitrogens with two attached hydrogens (primary N) is 1. The number of ether oxygens (including phenoxy) is 1. The maximum atomic E-state index is 11.6. The Morgan fingerprint density at radius 2 is 2.38 bits per heavy atom. The third-order valence-corrected chi connectivity index (χ3v) is 2.15. The van der Waals surface area contributed by atoms with Gasteiger partial charge in [-0.2, -0.15) is 0 Å². The highest BCUT2D eigenvalue weighted by Gasteiger charge is 2.28. The summed E-state index contributed by atoms with van der Waals surface area (Å²) in [6.45, 7) is 5.39. The minimum atomic E-state index is -0.706. The summed E-state index contributed by atoms with van der Waals surface area (Å²) in [5, 5.41) is 3.98. The average molecular weight is 249 g/mol. The van der Waals surface area contributed by atoms with Crippen LogP contribution in [-0.4, -0.2) is 28.9 Å². The molecule has 0 aromatic rings. The van der Waals surface area contributed by atoms with Crippen molar-refractivity contribution in [3.8, 4) is 0 Å². The van der Waals surface area contributed by atoms with Gasteiger partial charge in [0.1, 0.15) is 22.9 Å². The molecule has 0 fully saturated rings. The first kappa shape index (κ1) is 13.3. The van der Waals surface area contributed by atoms with Crippen molar-refractivity contribution in [2.45, 2.75) is 51.4 Å². The SMILES string of the molecule is CC(C)(C)OC(=O)[C@H](N)CC1CC(Cl)=NO1. The predicted octanol–water partition coefficient (Wildman–Crippen LogP) is 1.39. The summed E-state index contributed by atoms with van der Waals surface area (Å²) in [4.78, 5) is 16.5. The number of hydrogen-bond acceptors (Lipinski definition) is 5. The standard InChI is InChI=1S/C10H17ClN2O3/c1-10(2,3)15-9(14)7(12)4-6-5-8(11)13-16-6/h6-7H,4-5,12H2,1-3H3/t6?,7-/m1/s1. The molecule has 0 aromatic heterocycles. The Bertz CT molecular complexity index is 299. The normalized spacial score (nSPS) is 22.3. The Labute approximate surface area is 99.9 Å². The van der Waals surface area contributed by atoms with Crippen LogP contribution in [0.1, 0.15) is 33.6 Å². The van der Waals surface area contributed by atoms with Crippen LogP contribution in [-0.2, 0) is 14.4 Å². The highest BCUT2D eigenvalue weighted by Crippen LogP contribution is 2.18. The quantitative estimate of drug-likeness (QED) is 0.766. The van der Waals surface area contributed by atoms with Crippen molar-refractivity contribution in [2.24, 2.45) is 10.9 Å². The van der Waals surface area contributed by atoms with Gasteiger partial charge in [-0.3, -0.25) is 4.79 Å². The Morgan fingerprint density at radius 3 is 2.81 bits per heavy atom. The van der Waals surface area contributed by atoms with E-state index in [0.29, 0.717) is 18.0 Å². The van der Waals surface area contributed by atoms with Crippen LogP contribution in [0.4, 0.5) is 0 Å². The molecule has 0 radical (unpaired) electrons. The fourth-order valence-corrected chi connectivity index (χ4v) is 1.49. The molecule has 0 spiro atoms. The molecule has 92 valence electrons. The van der Waals surface area contributed by atoms with Crippen LogP contribution >= 0.6 is 11.6 Å². The fourth-order valence-electron chi connectivity index (χ4n) is 1.28. The van der Waals surface area contributed by atoms with Gasteiger partial charge in [0.15, 0.2) is 0 Å². The molecule has 0 aromatic carbocycles. The Balaban J connectivity index is 2.35. The van der Waals surface area contributed by atoms with Gasteiger partial charge < -0.3 is 15.3 Å². The van der Waals surface area contributed by atoms with Gasteiger partial charge in [0.25, 0.3) is 0 Å². The van der Waals surface area contributed by atoms with E-state index in [0.717, 1.165) is 0 Å². The Morgan fingerprint density at radius 1 is 1.75 bits per heavy atom. The third kappa shape index (κ3) is 4.37. The second-order valence-electron chi connectivity index (χ2n) is 4.77. The van der Waals surface area contributed by atoms with Gasteiger partial charge >= 0.3 is 5.97 Å². The molecule has 1 rings (SSSR count). The van der Waals surface area contributed by atoms with E-state index in [-0.39, 0.29) is 6.10 Å². The van der Waals surface area contributed by atoms with E-state index in [1.54, 1.807) is 20.8 Å². The summed E-state index contributed by atoms with van der Waals surface area (Å²) in [5.74, 6) is -0.431. The fraction of sp³-hybridized carbons (Fsp3) is 0.800. The molecule has 1 unspecified atom stereocenters. The molecule has 2 atom stereocenters. The van der Waals surface area contributed by atoms with Gasteiger partial charge in [-0.05, 0) is 20.8 Å². The van der Waals surface area contributed by atoms with Crippen molar-refractivity contribution < 1.29 is 14.4 Å². The van der Waals surface area contributed by atoms with Crippen LogP contribution in [0.3, 0.4) is 0 Å². The zero-order valence-corrected chi connectivity index (χ0v) is 10.5. The summed E-state index contributed by atoms with van der Waals surface area (Å²) < 4.78 is 5.15. The molecule has 1 heterocycles. The molecule has 2 N–H and O–H groups in total. The highest BCUT2D eigenvalue weighted by atomic mass is 35.5. The van der Waals surface area contributed by atoms with Gasteiger partial charge in [0.2, 0.25) is 0 Å².